The molecular formula is C22H20N4O2. The van der Waals surface area contributed by atoms with E-state index in [1.165, 1.54) is 7.11 Å². The van der Waals surface area contributed by atoms with Gasteiger partial charge in [-0.2, -0.15) is 5.10 Å². The normalized spacial score (nSPS) is 10.8. The Bertz CT molecular complexity index is 1080. The SMILES string of the molecule is COC(=O)c1ccccc1Cn1ccnc1Cc1cnn(-c2ccccc2)c1. The second-order valence-electron chi connectivity index (χ2n) is 6.43. The monoisotopic (exact) mass is 372 g/mol. The third kappa shape index (κ3) is 3.71. The van der Waals surface area contributed by atoms with Crippen molar-refractivity contribution < 1.29 is 9.53 Å². The van der Waals surface area contributed by atoms with E-state index in [0.717, 1.165) is 22.6 Å². The van der Waals surface area contributed by atoms with Crippen molar-refractivity contribution in [1.82, 2.24) is 19.3 Å². The lowest BCUT2D eigenvalue weighted by Crippen LogP contribution is -2.10. The Morgan fingerprint density at radius 2 is 1.86 bits per heavy atom. The van der Waals surface area contributed by atoms with Crippen molar-refractivity contribution in [1.29, 1.82) is 0 Å². The van der Waals surface area contributed by atoms with Crippen LogP contribution in [0.25, 0.3) is 5.69 Å². The number of carbonyl (C=O) groups is 1. The van der Waals surface area contributed by atoms with Crippen molar-refractivity contribution in [2.45, 2.75) is 13.0 Å². The lowest BCUT2D eigenvalue weighted by atomic mass is 10.1. The molecule has 2 aromatic carbocycles. The van der Waals surface area contributed by atoms with Gasteiger partial charge in [0.2, 0.25) is 0 Å². The average Bonchev–Trinajstić information content (AvgIpc) is 3.39. The molecule has 0 amide bonds. The molecule has 2 aromatic heterocycles. The van der Waals surface area contributed by atoms with Crippen molar-refractivity contribution in [2.24, 2.45) is 0 Å². The first-order valence-corrected chi connectivity index (χ1v) is 9.00. The first-order chi connectivity index (χ1) is 13.7. The number of hydrogen-bond donors (Lipinski definition) is 0. The Labute approximate surface area is 163 Å². The molecule has 0 bridgehead atoms. The first kappa shape index (κ1) is 17.7. The Kier molecular flexibility index (Phi) is 5.01. The van der Waals surface area contributed by atoms with Crippen molar-refractivity contribution in [3.63, 3.8) is 0 Å². The fraction of sp³-hybridized carbons (Fsp3) is 0.136. The molecule has 4 aromatic rings. The van der Waals surface area contributed by atoms with Gasteiger partial charge in [0.15, 0.2) is 0 Å². The number of esters is 1. The summed E-state index contributed by atoms with van der Waals surface area (Å²) in [6, 6.07) is 17.5. The van der Waals surface area contributed by atoms with Gasteiger partial charge in [-0.1, -0.05) is 36.4 Å². The molecule has 6 nitrogen and oxygen atoms in total. The summed E-state index contributed by atoms with van der Waals surface area (Å²) in [6.07, 6.45) is 8.22. The molecule has 0 saturated heterocycles. The molecule has 0 spiro atoms. The molecule has 2 heterocycles. The molecule has 28 heavy (non-hydrogen) atoms. The van der Waals surface area contributed by atoms with E-state index in [9.17, 15) is 4.79 Å². The number of ether oxygens (including phenoxy) is 1. The molecular weight excluding hydrogens is 352 g/mol. The van der Waals surface area contributed by atoms with Gasteiger partial charge in [0.25, 0.3) is 0 Å². The van der Waals surface area contributed by atoms with Crippen LogP contribution in [-0.2, 0) is 17.7 Å². The van der Waals surface area contributed by atoms with Crippen LogP contribution >= 0.6 is 0 Å². The van der Waals surface area contributed by atoms with Crippen LogP contribution in [0.5, 0.6) is 0 Å². The first-order valence-electron chi connectivity index (χ1n) is 9.00. The molecule has 0 aliphatic rings. The van der Waals surface area contributed by atoms with E-state index >= 15 is 0 Å². The van der Waals surface area contributed by atoms with Crippen molar-refractivity contribution >= 4 is 5.97 Å². The van der Waals surface area contributed by atoms with Gasteiger partial charge in [-0.3, -0.25) is 0 Å². The Morgan fingerprint density at radius 1 is 1.07 bits per heavy atom. The van der Waals surface area contributed by atoms with E-state index < -0.39 is 0 Å². The molecule has 4 rings (SSSR count). The van der Waals surface area contributed by atoms with Crippen LogP contribution in [-0.4, -0.2) is 32.4 Å². The summed E-state index contributed by atoms with van der Waals surface area (Å²) in [6.45, 7) is 0.549. The van der Waals surface area contributed by atoms with Gasteiger partial charge in [-0.15, -0.1) is 0 Å². The molecule has 0 N–H and O–H groups in total. The van der Waals surface area contributed by atoms with Crippen molar-refractivity contribution in [2.75, 3.05) is 7.11 Å². The minimum atomic E-state index is -0.332. The molecule has 6 heteroatoms. The smallest absolute Gasteiger partial charge is 0.338 e. The number of hydrogen-bond acceptors (Lipinski definition) is 4. The minimum Gasteiger partial charge on any atom is -0.465 e. The van der Waals surface area contributed by atoms with Crippen molar-refractivity contribution in [3.05, 3.63) is 102 Å². The lowest BCUT2D eigenvalue weighted by Gasteiger charge is -2.11. The maximum Gasteiger partial charge on any atom is 0.338 e. The van der Waals surface area contributed by atoms with Gasteiger partial charge >= 0.3 is 5.97 Å². The van der Waals surface area contributed by atoms with Gasteiger partial charge in [0, 0.05) is 31.6 Å². The minimum absolute atomic E-state index is 0.332. The molecule has 0 aliphatic carbocycles. The number of nitrogens with zero attached hydrogens (tertiary/aromatic N) is 4. The Hall–Kier alpha value is -3.67. The summed E-state index contributed by atoms with van der Waals surface area (Å²) in [4.78, 5) is 16.5. The number of carbonyl (C=O) groups excluding carboxylic acids is 1. The quantitative estimate of drug-likeness (QED) is 0.486. The number of methoxy groups -OCH3 is 1. The van der Waals surface area contributed by atoms with E-state index in [2.05, 4.69) is 10.1 Å². The standard InChI is InChI=1S/C22H20N4O2/c1-28-22(27)20-10-6-5-7-18(20)16-25-12-11-23-21(25)13-17-14-24-26(15-17)19-8-3-2-4-9-19/h2-12,14-15H,13,16H2,1H3. The number of imidazole rings is 1. The highest BCUT2D eigenvalue weighted by atomic mass is 16.5. The lowest BCUT2D eigenvalue weighted by molar-refractivity contribution is 0.0599. The van der Waals surface area contributed by atoms with Gasteiger partial charge < -0.3 is 9.30 Å². The van der Waals surface area contributed by atoms with Crippen molar-refractivity contribution in [3.8, 4) is 5.69 Å². The average molecular weight is 372 g/mol. The molecule has 0 aliphatic heterocycles. The maximum atomic E-state index is 12.0. The highest BCUT2D eigenvalue weighted by Gasteiger charge is 2.13. The fourth-order valence-electron chi connectivity index (χ4n) is 3.16. The second-order valence-corrected chi connectivity index (χ2v) is 6.43. The third-order valence-corrected chi connectivity index (χ3v) is 4.58. The zero-order valence-corrected chi connectivity index (χ0v) is 15.5. The zero-order chi connectivity index (χ0) is 19.3. The Morgan fingerprint density at radius 3 is 2.68 bits per heavy atom. The number of rotatable bonds is 6. The number of para-hydroxylation sites is 1. The van der Waals surface area contributed by atoms with E-state index in [1.807, 2.05) is 76.4 Å². The van der Waals surface area contributed by atoms with Gasteiger partial charge in [0.1, 0.15) is 5.82 Å². The summed E-state index contributed by atoms with van der Waals surface area (Å²) < 4.78 is 8.79. The predicted molar refractivity (Wildman–Crippen MR) is 105 cm³/mol. The second kappa shape index (κ2) is 7.92. The van der Waals surface area contributed by atoms with Crippen LogP contribution in [0.2, 0.25) is 0 Å². The van der Waals surface area contributed by atoms with Crippen LogP contribution < -0.4 is 0 Å². The topological polar surface area (TPSA) is 61.9 Å². The van der Waals surface area contributed by atoms with Gasteiger partial charge in [-0.05, 0) is 29.3 Å². The van der Waals surface area contributed by atoms with E-state index in [0.29, 0.717) is 18.5 Å². The van der Waals surface area contributed by atoms with E-state index in [1.54, 1.807) is 12.3 Å². The number of aromatic nitrogens is 4. The largest absolute Gasteiger partial charge is 0.465 e. The molecule has 0 atom stereocenters. The zero-order valence-electron chi connectivity index (χ0n) is 15.5. The van der Waals surface area contributed by atoms with E-state index in [4.69, 9.17) is 4.74 Å². The summed E-state index contributed by atoms with van der Waals surface area (Å²) in [5.41, 5.74) is 3.55. The van der Waals surface area contributed by atoms with Crippen LogP contribution in [0.1, 0.15) is 27.3 Å². The van der Waals surface area contributed by atoms with E-state index in [-0.39, 0.29) is 5.97 Å². The highest BCUT2D eigenvalue weighted by Crippen LogP contribution is 2.15. The van der Waals surface area contributed by atoms with Crippen LogP contribution in [0.3, 0.4) is 0 Å². The number of benzene rings is 2. The summed E-state index contributed by atoms with van der Waals surface area (Å²) in [5.74, 6) is 0.577. The predicted octanol–water partition coefficient (Wildman–Crippen LogP) is 3.49. The summed E-state index contributed by atoms with van der Waals surface area (Å²) in [5, 5.41) is 4.45. The molecule has 140 valence electrons. The fourth-order valence-corrected chi connectivity index (χ4v) is 3.16. The Balaban J connectivity index is 1.55. The van der Waals surface area contributed by atoms with Crippen LogP contribution in [0.4, 0.5) is 0 Å². The third-order valence-electron chi connectivity index (χ3n) is 4.58. The molecule has 0 unspecified atom stereocenters. The maximum absolute atomic E-state index is 12.0. The highest BCUT2D eigenvalue weighted by molar-refractivity contribution is 5.90. The molecule has 0 fully saturated rings. The van der Waals surface area contributed by atoms with Gasteiger partial charge in [0.05, 0.1) is 24.6 Å². The molecule has 0 radical (unpaired) electrons. The summed E-state index contributed by atoms with van der Waals surface area (Å²) >= 11 is 0. The van der Waals surface area contributed by atoms with Crippen LogP contribution in [0, 0.1) is 0 Å². The molecule has 0 saturated carbocycles. The van der Waals surface area contributed by atoms with Crippen LogP contribution in [0.15, 0.2) is 79.4 Å². The summed E-state index contributed by atoms with van der Waals surface area (Å²) in [7, 11) is 1.39. The van der Waals surface area contributed by atoms with Gasteiger partial charge in [-0.25, -0.2) is 14.5 Å².